The van der Waals surface area contributed by atoms with Gasteiger partial charge in [-0.15, -0.1) is 0 Å². The molecule has 19 heavy (non-hydrogen) atoms. The van der Waals surface area contributed by atoms with E-state index in [2.05, 4.69) is 42.2 Å². The number of nitrogens with one attached hydrogen (secondary N) is 1. The highest BCUT2D eigenvalue weighted by molar-refractivity contribution is 5.58. The summed E-state index contributed by atoms with van der Waals surface area (Å²) in [5.41, 5.74) is 3.34. The van der Waals surface area contributed by atoms with Gasteiger partial charge in [-0.1, -0.05) is 20.8 Å². The molecular weight excluding hydrogens is 240 g/mol. The molecule has 0 saturated carbocycles. The fraction of sp³-hybridized carbons (Fsp3) is 0.615. The summed E-state index contributed by atoms with van der Waals surface area (Å²) in [6, 6.07) is 2.14. The zero-order chi connectivity index (χ0) is 14.6. The Morgan fingerprint density at radius 1 is 1.37 bits per heavy atom. The number of nitrogen functional groups attached to an aromatic ring is 1. The second kappa shape index (κ2) is 5.85. The maximum atomic E-state index is 8.67. The Morgan fingerprint density at radius 2 is 2.00 bits per heavy atom. The van der Waals surface area contributed by atoms with Crippen molar-refractivity contribution in [2.24, 2.45) is 5.84 Å². The van der Waals surface area contributed by atoms with Gasteiger partial charge in [0.15, 0.2) is 0 Å². The standard InChI is InChI=1S/C13H22N6/c1-9-10(18-15)16-12(13(2,3)4)17-11(9)19(5)8-6-7-14/h6,8,15H2,1-5H3,(H,16,17,18). The van der Waals surface area contributed by atoms with E-state index in [9.17, 15) is 0 Å². The van der Waals surface area contributed by atoms with Gasteiger partial charge in [0.05, 0.1) is 12.5 Å². The van der Waals surface area contributed by atoms with Gasteiger partial charge in [0.2, 0.25) is 0 Å². The molecule has 0 fully saturated rings. The summed E-state index contributed by atoms with van der Waals surface area (Å²) >= 11 is 0. The molecule has 1 aromatic rings. The highest BCUT2D eigenvalue weighted by Gasteiger charge is 2.22. The van der Waals surface area contributed by atoms with Crippen molar-refractivity contribution in [3.05, 3.63) is 11.4 Å². The van der Waals surface area contributed by atoms with Crippen LogP contribution in [0.5, 0.6) is 0 Å². The molecule has 6 nitrogen and oxygen atoms in total. The number of anilines is 2. The molecule has 0 aliphatic carbocycles. The predicted molar refractivity (Wildman–Crippen MR) is 76.8 cm³/mol. The molecule has 3 N–H and O–H groups in total. The third-order valence-corrected chi connectivity index (χ3v) is 2.85. The Bertz CT molecular complexity index is 483. The van der Waals surface area contributed by atoms with Crippen LogP contribution in [0.4, 0.5) is 11.6 Å². The number of hydrogen-bond acceptors (Lipinski definition) is 6. The average Bonchev–Trinajstić information content (AvgIpc) is 2.34. The maximum Gasteiger partial charge on any atom is 0.148 e. The van der Waals surface area contributed by atoms with E-state index < -0.39 is 0 Å². The highest BCUT2D eigenvalue weighted by Crippen LogP contribution is 2.27. The molecule has 0 atom stereocenters. The highest BCUT2D eigenvalue weighted by atomic mass is 15.3. The van der Waals surface area contributed by atoms with Gasteiger partial charge in [-0.2, -0.15) is 5.26 Å². The lowest BCUT2D eigenvalue weighted by Crippen LogP contribution is -2.26. The fourth-order valence-electron chi connectivity index (χ4n) is 1.68. The molecule has 0 aliphatic heterocycles. The van der Waals surface area contributed by atoms with Crippen LogP contribution in [0, 0.1) is 18.3 Å². The fourth-order valence-corrected chi connectivity index (χ4v) is 1.68. The molecule has 0 aromatic carbocycles. The van der Waals surface area contributed by atoms with Gasteiger partial charge in [-0.3, -0.25) is 0 Å². The molecule has 1 heterocycles. The summed E-state index contributed by atoms with van der Waals surface area (Å²) in [5.74, 6) is 7.68. The molecular formula is C13H22N6. The van der Waals surface area contributed by atoms with E-state index in [-0.39, 0.29) is 5.41 Å². The summed E-state index contributed by atoms with van der Waals surface area (Å²) in [5, 5.41) is 8.67. The van der Waals surface area contributed by atoms with Crippen LogP contribution in [0.1, 0.15) is 38.6 Å². The van der Waals surface area contributed by atoms with Crippen LogP contribution < -0.4 is 16.2 Å². The second-order valence-corrected chi connectivity index (χ2v) is 5.57. The van der Waals surface area contributed by atoms with E-state index in [0.29, 0.717) is 18.8 Å². The number of rotatable bonds is 4. The first-order valence-electron chi connectivity index (χ1n) is 6.25. The maximum absolute atomic E-state index is 8.67. The van der Waals surface area contributed by atoms with Gasteiger partial charge >= 0.3 is 0 Å². The summed E-state index contributed by atoms with van der Waals surface area (Å²) in [7, 11) is 1.92. The van der Waals surface area contributed by atoms with Crippen molar-refractivity contribution in [3.63, 3.8) is 0 Å². The van der Waals surface area contributed by atoms with Crippen LogP contribution >= 0.6 is 0 Å². The molecule has 0 aliphatic rings. The van der Waals surface area contributed by atoms with Crippen LogP contribution in [0.3, 0.4) is 0 Å². The molecule has 0 bridgehead atoms. The molecule has 1 rings (SSSR count). The topological polar surface area (TPSA) is 90.9 Å². The van der Waals surface area contributed by atoms with E-state index in [4.69, 9.17) is 11.1 Å². The van der Waals surface area contributed by atoms with Crippen molar-refractivity contribution in [2.75, 3.05) is 23.9 Å². The second-order valence-electron chi connectivity index (χ2n) is 5.57. The lowest BCUT2D eigenvalue weighted by Gasteiger charge is -2.24. The molecule has 0 radical (unpaired) electrons. The zero-order valence-electron chi connectivity index (χ0n) is 12.3. The van der Waals surface area contributed by atoms with Crippen molar-refractivity contribution in [2.45, 2.75) is 39.5 Å². The minimum Gasteiger partial charge on any atom is -0.358 e. The quantitative estimate of drug-likeness (QED) is 0.634. The van der Waals surface area contributed by atoms with Crippen molar-refractivity contribution >= 4 is 11.6 Å². The van der Waals surface area contributed by atoms with E-state index in [1.165, 1.54) is 0 Å². The van der Waals surface area contributed by atoms with E-state index in [1.807, 2.05) is 18.9 Å². The predicted octanol–water partition coefficient (Wildman–Crippen LogP) is 1.72. The SMILES string of the molecule is Cc1c(NN)nc(C(C)(C)C)nc1N(C)CCC#N. The molecule has 0 saturated heterocycles. The first-order chi connectivity index (χ1) is 8.81. The number of hydrogen-bond donors (Lipinski definition) is 2. The van der Waals surface area contributed by atoms with Crippen LogP contribution in [0.15, 0.2) is 0 Å². The molecule has 0 amide bonds. The minimum atomic E-state index is -0.163. The summed E-state index contributed by atoms with van der Waals surface area (Å²) in [6.07, 6.45) is 0.455. The molecule has 104 valence electrons. The van der Waals surface area contributed by atoms with Gasteiger partial charge in [0.25, 0.3) is 0 Å². The Hall–Kier alpha value is -1.87. The summed E-state index contributed by atoms with van der Waals surface area (Å²) in [4.78, 5) is 11.0. The van der Waals surface area contributed by atoms with Crippen molar-refractivity contribution < 1.29 is 0 Å². The van der Waals surface area contributed by atoms with Gasteiger partial charge in [0.1, 0.15) is 17.5 Å². The number of hydrazine groups is 1. The number of nitriles is 1. The third-order valence-electron chi connectivity index (χ3n) is 2.85. The number of nitrogens with zero attached hydrogens (tertiary/aromatic N) is 4. The third kappa shape index (κ3) is 3.55. The summed E-state index contributed by atoms with van der Waals surface area (Å²) < 4.78 is 0. The van der Waals surface area contributed by atoms with Crippen LogP contribution in [-0.2, 0) is 5.41 Å². The lowest BCUT2D eigenvalue weighted by atomic mass is 9.95. The van der Waals surface area contributed by atoms with Gasteiger partial charge in [-0.25, -0.2) is 15.8 Å². The monoisotopic (exact) mass is 262 g/mol. The molecule has 1 aromatic heterocycles. The number of aromatic nitrogens is 2. The van der Waals surface area contributed by atoms with Crippen molar-refractivity contribution in [3.8, 4) is 6.07 Å². The van der Waals surface area contributed by atoms with E-state index in [1.54, 1.807) is 0 Å². The first-order valence-corrected chi connectivity index (χ1v) is 6.25. The Labute approximate surface area is 114 Å². The molecule has 6 heteroatoms. The van der Waals surface area contributed by atoms with Crippen molar-refractivity contribution in [1.29, 1.82) is 5.26 Å². The zero-order valence-corrected chi connectivity index (χ0v) is 12.3. The van der Waals surface area contributed by atoms with Crippen molar-refractivity contribution in [1.82, 2.24) is 9.97 Å². The van der Waals surface area contributed by atoms with Crippen LogP contribution in [0.25, 0.3) is 0 Å². The first kappa shape index (κ1) is 15.2. The average molecular weight is 262 g/mol. The van der Waals surface area contributed by atoms with Gasteiger partial charge < -0.3 is 10.3 Å². The smallest absolute Gasteiger partial charge is 0.148 e. The molecule has 0 unspecified atom stereocenters. The lowest BCUT2D eigenvalue weighted by molar-refractivity contribution is 0.544. The van der Waals surface area contributed by atoms with E-state index >= 15 is 0 Å². The summed E-state index contributed by atoms with van der Waals surface area (Å²) in [6.45, 7) is 8.70. The normalized spacial score (nSPS) is 11.0. The molecule has 0 spiro atoms. The van der Waals surface area contributed by atoms with E-state index in [0.717, 1.165) is 17.2 Å². The Kier molecular flexibility index (Phi) is 4.67. The van der Waals surface area contributed by atoms with Gasteiger partial charge in [0, 0.05) is 24.6 Å². The largest absolute Gasteiger partial charge is 0.358 e. The van der Waals surface area contributed by atoms with Gasteiger partial charge in [-0.05, 0) is 6.92 Å². The van der Waals surface area contributed by atoms with Crippen LogP contribution in [-0.4, -0.2) is 23.6 Å². The Morgan fingerprint density at radius 3 is 2.47 bits per heavy atom. The minimum absolute atomic E-state index is 0.163. The van der Waals surface area contributed by atoms with Crippen LogP contribution in [0.2, 0.25) is 0 Å². The Balaban J connectivity index is 3.26. The number of nitrogens with two attached hydrogens (primary N) is 1.